The van der Waals surface area contributed by atoms with Gasteiger partial charge in [-0.1, -0.05) is 29.3 Å². The smallest absolute Gasteiger partial charge is 0.0323 e. The van der Waals surface area contributed by atoms with Crippen molar-refractivity contribution in [3.8, 4) is 0 Å². The van der Waals surface area contributed by atoms with Crippen LogP contribution in [0.15, 0.2) is 18.2 Å². The standard InChI is InChI=1S/C18H28N2/c1-13-9-14(2)11-16(10-13)15(3)20(18-6-7-18)12-17-5-4-8-19-17/h9-11,15,17-19H,4-8,12H2,1-3H3. The first-order valence-electron chi connectivity index (χ1n) is 8.21. The number of nitrogens with zero attached hydrogens (tertiary/aromatic N) is 1. The predicted octanol–water partition coefficient (Wildman–Crippen LogP) is 3.58. The van der Waals surface area contributed by atoms with Gasteiger partial charge in [0.05, 0.1) is 0 Å². The summed E-state index contributed by atoms with van der Waals surface area (Å²) in [7, 11) is 0. The second-order valence-electron chi connectivity index (χ2n) is 6.82. The van der Waals surface area contributed by atoms with Crippen LogP contribution in [0.25, 0.3) is 0 Å². The fourth-order valence-corrected chi connectivity index (χ4v) is 3.64. The van der Waals surface area contributed by atoms with Crippen molar-refractivity contribution >= 4 is 0 Å². The van der Waals surface area contributed by atoms with Gasteiger partial charge in [-0.3, -0.25) is 4.90 Å². The molecule has 20 heavy (non-hydrogen) atoms. The molecule has 2 fully saturated rings. The van der Waals surface area contributed by atoms with Gasteiger partial charge < -0.3 is 5.32 Å². The molecule has 0 radical (unpaired) electrons. The summed E-state index contributed by atoms with van der Waals surface area (Å²) < 4.78 is 0. The zero-order valence-corrected chi connectivity index (χ0v) is 13.2. The molecule has 3 rings (SSSR count). The summed E-state index contributed by atoms with van der Waals surface area (Å²) in [6, 6.07) is 9.10. The molecule has 1 aliphatic heterocycles. The van der Waals surface area contributed by atoms with E-state index in [1.807, 2.05) is 0 Å². The van der Waals surface area contributed by atoms with Gasteiger partial charge in [0.15, 0.2) is 0 Å². The fourth-order valence-electron chi connectivity index (χ4n) is 3.64. The fraction of sp³-hybridized carbons (Fsp3) is 0.667. The molecule has 1 aliphatic carbocycles. The zero-order chi connectivity index (χ0) is 14.1. The van der Waals surface area contributed by atoms with Crippen molar-refractivity contribution in [1.82, 2.24) is 10.2 Å². The highest BCUT2D eigenvalue weighted by Gasteiger charge is 2.34. The van der Waals surface area contributed by atoms with Crippen molar-refractivity contribution < 1.29 is 0 Å². The molecule has 0 spiro atoms. The van der Waals surface area contributed by atoms with Crippen LogP contribution >= 0.6 is 0 Å². The van der Waals surface area contributed by atoms with Gasteiger partial charge in [-0.05, 0) is 58.6 Å². The van der Waals surface area contributed by atoms with Crippen molar-refractivity contribution in [2.75, 3.05) is 13.1 Å². The van der Waals surface area contributed by atoms with E-state index in [4.69, 9.17) is 0 Å². The summed E-state index contributed by atoms with van der Waals surface area (Å²) in [6.45, 7) is 9.24. The third-order valence-electron chi connectivity index (χ3n) is 4.83. The lowest BCUT2D eigenvalue weighted by molar-refractivity contribution is 0.182. The normalized spacial score (nSPS) is 24.3. The van der Waals surface area contributed by atoms with Crippen molar-refractivity contribution in [2.24, 2.45) is 0 Å². The Balaban J connectivity index is 1.75. The van der Waals surface area contributed by atoms with Crippen LogP contribution < -0.4 is 5.32 Å². The predicted molar refractivity (Wildman–Crippen MR) is 85.1 cm³/mol. The Kier molecular flexibility index (Phi) is 4.13. The van der Waals surface area contributed by atoms with E-state index in [0.29, 0.717) is 12.1 Å². The Bertz CT molecular complexity index is 438. The largest absolute Gasteiger partial charge is 0.313 e. The van der Waals surface area contributed by atoms with E-state index < -0.39 is 0 Å². The Hall–Kier alpha value is -0.860. The molecule has 2 heteroatoms. The minimum Gasteiger partial charge on any atom is -0.313 e. The van der Waals surface area contributed by atoms with E-state index in [9.17, 15) is 0 Å². The summed E-state index contributed by atoms with van der Waals surface area (Å²) in [5.74, 6) is 0. The molecule has 1 aromatic carbocycles. The number of rotatable bonds is 5. The molecule has 0 aromatic heterocycles. The molecule has 0 bridgehead atoms. The topological polar surface area (TPSA) is 15.3 Å². The minimum absolute atomic E-state index is 0.545. The number of aryl methyl sites for hydroxylation is 2. The molecule has 1 N–H and O–H groups in total. The maximum atomic E-state index is 3.66. The monoisotopic (exact) mass is 272 g/mol. The summed E-state index contributed by atoms with van der Waals surface area (Å²) in [4.78, 5) is 2.75. The highest BCUT2D eigenvalue weighted by Crippen LogP contribution is 2.35. The quantitative estimate of drug-likeness (QED) is 0.881. The maximum absolute atomic E-state index is 3.66. The van der Waals surface area contributed by atoms with Gasteiger partial charge in [0, 0.05) is 24.7 Å². The molecule has 1 heterocycles. The lowest BCUT2D eigenvalue weighted by Crippen LogP contribution is -2.40. The SMILES string of the molecule is Cc1cc(C)cc(C(C)N(CC2CCCN2)C2CC2)c1. The van der Waals surface area contributed by atoms with Gasteiger partial charge in [0.25, 0.3) is 0 Å². The molecule has 1 aromatic rings. The van der Waals surface area contributed by atoms with E-state index in [1.165, 1.54) is 55.5 Å². The molecular weight excluding hydrogens is 244 g/mol. The van der Waals surface area contributed by atoms with Crippen molar-refractivity contribution in [3.05, 3.63) is 34.9 Å². The zero-order valence-electron chi connectivity index (χ0n) is 13.2. The maximum Gasteiger partial charge on any atom is 0.0323 e. The molecule has 1 saturated carbocycles. The van der Waals surface area contributed by atoms with Gasteiger partial charge in [0.1, 0.15) is 0 Å². The summed E-state index contributed by atoms with van der Waals surface area (Å²) >= 11 is 0. The highest BCUT2D eigenvalue weighted by molar-refractivity contribution is 5.30. The van der Waals surface area contributed by atoms with Crippen molar-refractivity contribution in [3.63, 3.8) is 0 Å². The molecule has 2 unspecified atom stereocenters. The number of hydrogen-bond donors (Lipinski definition) is 1. The molecule has 2 aliphatic rings. The Morgan fingerprint density at radius 1 is 1.15 bits per heavy atom. The molecular formula is C18H28N2. The average Bonchev–Trinajstić information content (AvgIpc) is 3.11. The summed E-state index contributed by atoms with van der Waals surface area (Å²) in [5, 5.41) is 3.66. The highest BCUT2D eigenvalue weighted by atomic mass is 15.2. The number of benzene rings is 1. The first-order valence-corrected chi connectivity index (χ1v) is 8.21. The Morgan fingerprint density at radius 3 is 2.40 bits per heavy atom. The van der Waals surface area contributed by atoms with Crippen LogP contribution in [-0.2, 0) is 0 Å². The van der Waals surface area contributed by atoms with E-state index >= 15 is 0 Å². The second kappa shape index (κ2) is 5.87. The average molecular weight is 272 g/mol. The Morgan fingerprint density at radius 2 is 1.85 bits per heavy atom. The van der Waals surface area contributed by atoms with E-state index in [0.717, 1.165) is 6.04 Å². The molecule has 2 atom stereocenters. The van der Waals surface area contributed by atoms with Crippen LogP contribution in [0.2, 0.25) is 0 Å². The minimum atomic E-state index is 0.545. The molecule has 1 saturated heterocycles. The summed E-state index contributed by atoms with van der Waals surface area (Å²) in [5.41, 5.74) is 4.27. The molecule has 110 valence electrons. The van der Waals surface area contributed by atoms with Crippen LogP contribution in [0.4, 0.5) is 0 Å². The molecule has 2 nitrogen and oxygen atoms in total. The summed E-state index contributed by atoms with van der Waals surface area (Å²) in [6.07, 6.45) is 5.48. The third kappa shape index (κ3) is 3.24. The first kappa shape index (κ1) is 14.1. The Labute approximate surface area is 123 Å². The first-order chi connectivity index (χ1) is 9.63. The van der Waals surface area contributed by atoms with Gasteiger partial charge in [0.2, 0.25) is 0 Å². The van der Waals surface area contributed by atoms with Gasteiger partial charge in [-0.25, -0.2) is 0 Å². The van der Waals surface area contributed by atoms with Gasteiger partial charge in [-0.15, -0.1) is 0 Å². The van der Waals surface area contributed by atoms with Crippen LogP contribution in [0.3, 0.4) is 0 Å². The second-order valence-corrected chi connectivity index (χ2v) is 6.82. The molecule has 0 amide bonds. The van der Waals surface area contributed by atoms with Crippen molar-refractivity contribution in [2.45, 2.75) is 64.6 Å². The van der Waals surface area contributed by atoms with Gasteiger partial charge in [-0.2, -0.15) is 0 Å². The van der Waals surface area contributed by atoms with E-state index in [1.54, 1.807) is 0 Å². The van der Waals surface area contributed by atoms with Gasteiger partial charge >= 0.3 is 0 Å². The van der Waals surface area contributed by atoms with Crippen LogP contribution in [-0.4, -0.2) is 30.1 Å². The van der Waals surface area contributed by atoms with Crippen LogP contribution in [0, 0.1) is 13.8 Å². The lowest BCUT2D eigenvalue weighted by Gasteiger charge is -2.32. The number of nitrogens with one attached hydrogen (secondary N) is 1. The van der Waals surface area contributed by atoms with Crippen LogP contribution in [0.5, 0.6) is 0 Å². The van der Waals surface area contributed by atoms with E-state index in [2.05, 4.69) is 49.2 Å². The van der Waals surface area contributed by atoms with E-state index in [-0.39, 0.29) is 0 Å². The third-order valence-corrected chi connectivity index (χ3v) is 4.83. The lowest BCUT2D eigenvalue weighted by atomic mass is 10.0. The number of hydrogen-bond acceptors (Lipinski definition) is 2. The van der Waals surface area contributed by atoms with Crippen molar-refractivity contribution in [1.29, 1.82) is 0 Å². The van der Waals surface area contributed by atoms with Crippen LogP contribution in [0.1, 0.15) is 55.3 Å².